The van der Waals surface area contributed by atoms with Crippen LogP contribution in [0.15, 0.2) is 66.7 Å². The molecule has 0 aliphatic heterocycles. The fourth-order valence-electron chi connectivity index (χ4n) is 3.25. The summed E-state index contributed by atoms with van der Waals surface area (Å²) in [6.07, 6.45) is 0.937. The highest BCUT2D eigenvalue weighted by atomic mass is 19.2. The standard InChI is InChI=1S/C26H16F4/c1-2-16-3-7-18(8-4-16)20-11-10-19(23(27)14-20)9-5-17-6-12-22-21(13-17)15-24(28)26(30)25(22)29/h3-4,6-8,10-15H,2H2,1H3. The molecule has 0 amide bonds. The molecule has 4 heteroatoms. The van der Waals surface area contributed by atoms with Gasteiger partial charge in [0.05, 0.1) is 5.56 Å². The highest BCUT2D eigenvalue weighted by Crippen LogP contribution is 2.25. The molecule has 0 unspecified atom stereocenters. The molecule has 0 fully saturated rings. The zero-order chi connectivity index (χ0) is 21.3. The predicted octanol–water partition coefficient (Wildman–Crippen LogP) is 7.03. The average molecular weight is 404 g/mol. The number of fused-ring (bicyclic) bond motifs is 1. The van der Waals surface area contributed by atoms with Gasteiger partial charge in [-0.1, -0.05) is 55.2 Å². The Bertz CT molecular complexity index is 1310. The van der Waals surface area contributed by atoms with E-state index >= 15 is 0 Å². The van der Waals surface area contributed by atoms with Crippen molar-refractivity contribution < 1.29 is 17.6 Å². The van der Waals surface area contributed by atoms with Gasteiger partial charge in [-0.3, -0.25) is 0 Å². The molecule has 30 heavy (non-hydrogen) atoms. The van der Waals surface area contributed by atoms with Crippen LogP contribution in [-0.2, 0) is 6.42 Å². The van der Waals surface area contributed by atoms with Gasteiger partial charge < -0.3 is 0 Å². The van der Waals surface area contributed by atoms with Crippen LogP contribution in [-0.4, -0.2) is 0 Å². The minimum Gasteiger partial charge on any atom is -0.206 e. The van der Waals surface area contributed by atoms with E-state index in [1.54, 1.807) is 12.1 Å². The van der Waals surface area contributed by atoms with Crippen LogP contribution in [0.25, 0.3) is 21.9 Å². The number of aryl methyl sites for hydroxylation is 1. The number of halogens is 4. The molecule has 0 N–H and O–H groups in total. The van der Waals surface area contributed by atoms with Crippen molar-refractivity contribution in [2.45, 2.75) is 13.3 Å². The summed E-state index contributed by atoms with van der Waals surface area (Å²) < 4.78 is 55.2. The Kier molecular flexibility index (Phi) is 5.29. The van der Waals surface area contributed by atoms with Crippen molar-refractivity contribution >= 4 is 10.8 Å². The maximum absolute atomic E-state index is 14.5. The molecule has 0 aliphatic rings. The second-order valence-electron chi connectivity index (χ2n) is 6.92. The first-order valence-corrected chi connectivity index (χ1v) is 9.44. The molecule has 0 nitrogen and oxygen atoms in total. The summed E-state index contributed by atoms with van der Waals surface area (Å²) in [7, 11) is 0. The van der Waals surface area contributed by atoms with Crippen LogP contribution < -0.4 is 0 Å². The molecule has 0 bridgehead atoms. The van der Waals surface area contributed by atoms with E-state index in [1.165, 1.54) is 29.8 Å². The van der Waals surface area contributed by atoms with Gasteiger partial charge in [0.1, 0.15) is 5.82 Å². The number of rotatable bonds is 2. The highest BCUT2D eigenvalue weighted by molar-refractivity contribution is 5.84. The second-order valence-corrected chi connectivity index (χ2v) is 6.92. The largest absolute Gasteiger partial charge is 0.206 e. The van der Waals surface area contributed by atoms with Crippen molar-refractivity contribution in [2.75, 3.05) is 0 Å². The summed E-state index contributed by atoms with van der Waals surface area (Å²) in [5, 5.41) is 0.147. The zero-order valence-electron chi connectivity index (χ0n) is 16.1. The maximum atomic E-state index is 14.5. The number of hydrogen-bond donors (Lipinski definition) is 0. The third-order valence-corrected chi connectivity index (χ3v) is 4.98. The topological polar surface area (TPSA) is 0 Å². The van der Waals surface area contributed by atoms with Crippen LogP contribution in [0.5, 0.6) is 0 Å². The van der Waals surface area contributed by atoms with E-state index in [1.807, 2.05) is 24.3 Å². The molecule has 4 aromatic rings. The lowest BCUT2D eigenvalue weighted by molar-refractivity contribution is 0.453. The summed E-state index contributed by atoms with van der Waals surface area (Å²) in [6.45, 7) is 2.07. The van der Waals surface area contributed by atoms with Crippen molar-refractivity contribution in [2.24, 2.45) is 0 Å². The third-order valence-electron chi connectivity index (χ3n) is 4.98. The molecule has 0 heterocycles. The van der Waals surface area contributed by atoms with Crippen LogP contribution in [0.3, 0.4) is 0 Å². The van der Waals surface area contributed by atoms with E-state index in [0.717, 1.165) is 23.6 Å². The monoisotopic (exact) mass is 404 g/mol. The molecule has 4 aromatic carbocycles. The second kappa shape index (κ2) is 8.04. The molecule has 0 spiro atoms. The minimum atomic E-state index is -1.51. The van der Waals surface area contributed by atoms with E-state index in [-0.39, 0.29) is 16.3 Å². The number of hydrogen-bond acceptors (Lipinski definition) is 0. The Balaban J connectivity index is 1.64. The Labute approximate surface area is 171 Å². The van der Waals surface area contributed by atoms with Crippen LogP contribution in [0, 0.1) is 35.1 Å². The Hall–Kier alpha value is -3.58. The van der Waals surface area contributed by atoms with E-state index < -0.39 is 23.3 Å². The quantitative estimate of drug-likeness (QED) is 0.191. The van der Waals surface area contributed by atoms with Crippen LogP contribution >= 0.6 is 0 Å². The average Bonchev–Trinajstić information content (AvgIpc) is 2.76. The van der Waals surface area contributed by atoms with Gasteiger partial charge in [0.2, 0.25) is 0 Å². The van der Waals surface area contributed by atoms with Crippen molar-refractivity contribution in [3.05, 3.63) is 107 Å². The summed E-state index contributed by atoms with van der Waals surface area (Å²) in [6, 6.07) is 17.9. The van der Waals surface area contributed by atoms with Crippen molar-refractivity contribution in [3.8, 4) is 23.0 Å². The Morgan fingerprint density at radius 3 is 2.10 bits per heavy atom. The SMILES string of the molecule is CCc1ccc(-c2ccc(C#Cc3ccc4c(F)c(F)c(F)cc4c3)c(F)c2)cc1. The lowest BCUT2D eigenvalue weighted by atomic mass is 10.0. The molecular formula is C26H16F4. The van der Waals surface area contributed by atoms with Gasteiger partial charge in [-0.05, 0) is 58.8 Å². The van der Waals surface area contributed by atoms with E-state index in [2.05, 4.69) is 18.8 Å². The van der Waals surface area contributed by atoms with Gasteiger partial charge in [-0.15, -0.1) is 0 Å². The van der Waals surface area contributed by atoms with E-state index in [4.69, 9.17) is 0 Å². The van der Waals surface area contributed by atoms with Gasteiger partial charge in [0.25, 0.3) is 0 Å². The lowest BCUT2D eigenvalue weighted by Crippen LogP contribution is -1.92. The molecule has 0 atom stereocenters. The highest BCUT2D eigenvalue weighted by Gasteiger charge is 2.13. The normalized spacial score (nSPS) is 10.7. The molecular weight excluding hydrogens is 388 g/mol. The van der Waals surface area contributed by atoms with Gasteiger partial charge in [-0.2, -0.15) is 0 Å². The van der Waals surface area contributed by atoms with Gasteiger partial charge in [0, 0.05) is 10.9 Å². The third kappa shape index (κ3) is 3.79. The Morgan fingerprint density at radius 1 is 0.667 bits per heavy atom. The molecule has 4 rings (SSSR count). The van der Waals surface area contributed by atoms with E-state index in [9.17, 15) is 17.6 Å². The first-order valence-electron chi connectivity index (χ1n) is 9.44. The molecule has 0 aliphatic carbocycles. The van der Waals surface area contributed by atoms with Crippen molar-refractivity contribution in [3.63, 3.8) is 0 Å². The summed E-state index contributed by atoms with van der Waals surface area (Å²) >= 11 is 0. The number of benzene rings is 4. The van der Waals surface area contributed by atoms with Crippen molar-refractivity contribution in [1.82, 2.24) is 0 Å². The predicted molar refractivity (Wildman–Crippen MR) is 111 cm³/mol. The minimum absolute atomic E-state index is 0.0379. The lowest BCUT2D eigenvalue weighted by Gasteiger charge is -2.05. The van der Waals surface area contributed by atoms with Crippen LogP contribution in [0.4, 0.5) is 17.6 Å². The van der Waals surface area contributed by atoms with E-state index in [0.29, 0.717) is 5.56 Å². The van der Waals surface area contributed by atoms with Gasteiger partial charge >= 0.3 is 0 Å². The first-order chi connectivity index (χ1) is 14.5. The Morgan fingerprint density at radius 2 is 1.40 bits per heavy atom. The molecule has 0 aromatic heterocycles. The fourth-order valence-corrected chi connectivity index (χ4v) is 3.25. The van der Waals surface area contributed by atoms with Crippen molar-refractivity contribution in [1.29, 1.82) is 0 Å². The fraction of sp³-hybridized carbons (Fsp3) is 0.0769. The summed E-state index contributed by atoms with van der Waals surface area (Å²) in [5.41, 5.74) is 3.52. The molecule has 0 saturated heterocycles. The van der Waals surface area contributed by atoms with Gasteiger partial charge in [0.15, 0.2) is 17.5 Å². The zero-order valence-corrected chi connectivity index (χ0v) is 16.1. The summed E-state index contributed by atoms with van der Waals surface area (Å²) in [4.78, 5) is 0. The first kappa shape index (κ1) is 19.7. The summed E-state index contributed by atoms with van der Waals surface area (Å²) in [5.74, 6) is 1.07. The van der Waals surface area contributed by atoms with Gasteiger partial charge in [-0.25, -0.2) is 17.6 Å². The van der Waals surface area contributed by atoms with Crippen LogP contribution in [0.2, 0.25) is 0 Å². The molecule has 0 radical (unpaired) electrons. The molecule has 148 valence electrons. The maximum Gasteiger partial charge on any atom is 0.195 e. The van der Waals surface area contributed by atoms with Crippen LogP contribution in [0.1, 0.15) is 23.6 Å². The molecule has 0 saturated carbocycles. The smallest absolute Gasteiger partial charge is 0.195 e.